The van der Waals surface area contributed by atoms with Crippen molar-refractivity contribution in [2.45, 2.75) is 38.4 Å². The molecule has 5 heteroatoms. The van der Waals surface area contributed by atoms with Gasteiger partial charge in [0.2, 0.25) is 0 Å². The van der Waals surface area contributed by atoms with Crippen LogP contribution in [0.3, 0.4) is 0 Å². The maximum absolute atomic E-state index is 11.7. The third kappa shape index (κ3) is 5.99. The molecule has 2 atom stereocenters. The van der Waals surface area contributed by atoms with Gasteiger partial charge >= 0.3 is 6.18 Å². The summed E-state index contributed by atoms with van der Waals surface area (Å²) in [6, 6.07) is 0.467. The molecule has 0 aromatic rings. The van der Waals surface area contributed by atoms with Crippen molar-refractivity contribution < 1.29 is 17.9 Å². The van der Waals surface area contributed by atoms with Crippen LogP contribution in [0.4, 0.5) is 13.2 Å². The van der Waals surface area contributed by atoms with Crippen LogP contribution in [0, 0.1) is 5.92 Å². The SMILES string of the molecule is CC1CCC(NCCOCC(F)(F)F)C1. The van der Waals surface area contributed by atoms with Gasteiger partial charge in [0.1, 0.15) is 6.61 Å². The molecule has 1 rings (SSSR count). The van der Waals surface area contributed by atoms with Crippen molar-refractivity contribution in [3.63, 3.8) is 0 Å². The van der Waals surface area contributed by atoms with Crippen molar-refractivity contribution in [3.05, 3.63) is 0 Å². The van der Waals surface area contributed by atoms with Crippen LogP contribution in [-0.4, -0.2) is 32.0 Å². The van der Waals surface area contributed by atoms with E-state index in [-0.39, 0.29) is 6.61 Å². The van der Waals surface area contributed by atoms with E-state index in [2.05, 4.69) is 17.0 Å². The molecule has 1 fully saturated rings. The molecule has 2 unspecified atom stereocenters. The highest BCUT2D eigenvalue weighted by Crippen LogP contribution is 2.24. The molecule has 0 aliphatic heterocycles. The number of nitrogens with one attached hydrogen (secondary N) is 1. The molecule has 1 aliphatic carbocycles. The molecule has 0 aromatic heterocycles. The molecule has 1 saturated carbocycles. The lowest BCUT2D eigenvalue weighted by atomic mass is 10.1. The number of rotatable bonds is 5. The summed E-state index contributed by atoms with van der Waals surface area (Å²) in [4.78, 5) is 0. The lowest BCUT2D eigenvalue weighted by molar-refractivity contribution is -0.173. The quantitative estimate of drug-likeness (QED) is 0.725. The zero-order valence-corrected chi connectivity index (χ0v) is 8.94. The Morgan fingerprint density at radius 3 is 2.60 bits per heavy atom. The fourth-order valence-electron chi connectivity index (χ4n) is 1.92. The fraction of sp³-hybridized carbons (Fsp3) is 1.00. The highest BCUT2D eigenvalue weighted by Gasteiger charge is 2.27. The number of ether oxygens (including phenoxy) is 1. The van der Waals surface area contributed by atoms with Crippen molar-refractivity contribution in [2.24, 2.45) is 5.92 Å². The van der Waals surface area contributed by atoms with E-state index in [1.165, 1.54) is 6.42 Å². The average molecular weight is 225 g/mol. The number of hydrogen-bond acceptors (Lipinski definition) is 2. The number of alkyl halides is 3. The molecule has 90 valence electrons. The van der Waals surface area contributed by atoms with E-state index in [1.807, 2.05) is 0 Å². The molecule has 0 heterocycles. The molecule has 15 heavy (non-hydrogen) atoms. The molecule has 1 aliphatic rings. The molecule has 0 spiro atoms. The van der Waals surface area contributed by atoms with E-state index in [9.17, 15) is 13.2 Å². The van der Waals surface area contributed by atoms with Gasteiger partial charge in [-0.15, -0.1) is 0 Å². The van der Waals surface area contributed by atoms with Gasteiger partial charge in [0.15, 0.2) is 0 Å². The third-order valence-electron chi connectivity index (χ3n) is 2.64. The summed E-state index contributed by atoms with van der Waals surface area (Å²) in [7, 11) is 0. The van der Waals surface area contributed by atoms with Gasteiger partial charge in [-0.3, -0.25) is 0 Å². The van der Waals surface area contributed by atoms with Gasteiger partial charge < -0.3 is 10.1 Å². The Labute approximate surface area is 88.2 Å². The Hall–Kier alpha value is -0.290. The van der Waals surface area contributed by atoms with Crippen LogP contribution in [0.15, 0.2) is 0 Å². The molecule has 0 bridgehead atoms. The largest absolute Gasteiger partial charge is 0.411 e. The maximum atomic E-state index is 11.7. The van der Waals surface area contributed by atoms with Gasteiger partial charge in [-0.05, 0) is 25.2 Å². The lowest BCUT2D eigenvalue weighted by Gasteiger charge is -2.12. The second-order valence-corrected chi connectivity index (χ2v) is 4.24. The Morgan fingerprint density at radius 1 is 1.33 bits per heavy atom. The van der Waals surface area contributed by atoms with E-state index in [4.69, 9.17) is 0 Å². The average Bonchev–Trinajstić information content (AvgIpc) is 2.49. The standard InChI is InChI=1S/C10H18F3NO/c1-8-2-3-9(6-8)14-4-5-15-7-10(11,12)13/h8-9,14H,2-7H2,1H3. The van der Waals surface area contributed by atoms with Crippen LogP contribution in [0.2, 0.25) is 0 Å². The summed E-state index contributed by atoms with van der Waals surface area (Å²) < 4.78 is 39.6. The zero-order chi connectivity index (χ0) is 11.3. The smallest absolute Gasteiger partial charge is 0.371 e. The summed E-state index contributed by atoms with van der Waals surface area (Å²) >= 11 is 0. The highest BCUT2D eigenvalue weighted by molar-refractivity contribution is 4.77. The molecular formula is C10H18F3NO. The molecule has 0 radical (unpaired) electrons. The summed E-state index contributed by atoms with van der Waals surface area (Å²) in [5.41, 5.74) is 0. The van der Waals surface area contributed by atoms with Crippen molar-refractivity contribution in [1.29, 1.82) is 0 Å². The second kappa shape index (κ2) is 5.70. The molecular weight excluding hydrogens is 207 g/mol. The number of halogens is 3. The maximum Gasteiger partial charge on any atom is 0.411 e. The van der Waals surface area contributed by atoms with Crippen LogP contribution < -0.4 is 5.32 Å². The minimum absolute atomic E-state index is 0.129. The van der Waals surface area contributed by atoms with Crippen LogP contribution in [-0.2, 0) is 4.74 Å². The van der Waals surface area contributed by atoms with Crippen molar-refractivity contribution in [3.8, 4) is 0 Å². The van der Waals surface area contributed by atoms with Crippen molar-refractivity contribution in [2.75, 3.05) is 19.8 Å². The monoisotopic (exact) mass is 225 g/mol. The highest BCUT2D eigenvalue weighted by atomic mass is 19.4. The van der Waals surface area contributed by atoms with E-state index in [0.29, 0.717) is 12.6 Å². The first-order valence-corrected chi connectivity index (χ1v) is 5.35. The van der Waals surface area contributed by atoms with Gasteiger partial charge in [0.25, 0.3) is 0 Å². The Balaban J connectivity index is 1.93. The van der Waals surface area contributed by atoms with Gasteiger partial charge in [-0.1, -0.05) is 6.92 Å². The van der Waals surface area contributed by atoms with Crippen molar-refractivity contribution >= 4 is 0 Å². The van der Waals surface area contributed by atoms with Gasteiger partial charge in [-0.2, -0.15) is 13.2 Å². The third-order valence-corrected chi connectivity index (χ3v) is 2.64. The fourth-order valence-corrected chi connectivity index (χ4v) is 1.92. The predicted octanol–water partition coefficient (Wildman–Crippen LogP) is 2.34. The second-order valence-electron chi connectivity index (χ2n) is 4.24. The van der Waals surface area contributed by atoms with Crippen LogP contribution in [0.5, 0.6) is 0 Å². The Kier molecular flexibility index (Phi) is 4.86. The van der Waals surface area contributed by atoms with E-state index >= 15 is 0 Å². The van der Waals surface area contributed by atoms with E-state index < -0.39 is 12.8 Å². The van der Waals surface area contributed by atoms with Gasteiger partial charge in [0, 0.05) is 12.6 Å². The lowest BCUT2D eigenvalue weighted by Crippen LogP contribution is -2.30. The molecule has 2 nitrogen and oxygen atoms in total. The van der Waals surface area contributed by atoms with E-state index in [0.717, 1.165) is 18.8 Å². The normalized spacial score (nSPS) is 27.2. The topological polar surface area (TPSA) is 21.3 Å². The Morgan fingerprint density at radius 2 is 2.07 bits per heavy atom. The summed E-state index contributed by atoms with van der Waals surface area (Å²) in [6.07, 6.45) is -0.747. The Bertz CT molecular complexity index is 184. The van der Waals surface area contributed by atoms with Crippen LogP contribution in [0.1, 0.15) is 26.2 Å². The van der Waals surface area contributed by atoms with Gasteiger partial charge in [-0.25, -0.2) is 0 Å². The summed E-state index contributed by atoms with van der Waals surface area (Å²) in [6.45, 7) is 1.69. The first-order valence-electron chi connectivity index (χ1n) is 5.35. The summed E-state index contributed by atoms with van der Waals surface area (Å²) in [5, 5.41) is 3.21. The van der Waals surface area contributed by atoms with Crippen LogP contribution >= 0.6 is 0 Å². The minimum Gasteiger partial charge on any atom is -0.371 e. The molecule has 1 N–H and O–H groups in total. The van der Waals surface area contributed by atoms with Gasteiger partial charge in [0.05, 0.1) is 6.61 Å². The van der Waals surface area contributed by atoms with Crippen LogP contribution in [0.25, 0.3) is 0 Å². The molecule has 0 aromatic carbocycles. The zero-order valence-electron chi connectivity index (χ0n) is 8.94. The minimum atomic E-state index is -4.21. The molecule has 0 amide bonds. The van der Waals surface area contributed by atoms with Crippen molar-refractivity contribution in [1.82, 2.24) is 5.32 Å². The van der Waals surface area contributed by atoms with E-state index in [1.54, 1.807) is 0 Å². The first kappa shape index (κ1) is 12.8. The summed E-state index contributed by atoms with van der Waals surface area (Å²) in [5.74, 6) is 0.735. The predicted molar refractivity (Wildman–Crippen MR) is 51.7 cm³/mol. The first-order chi connectivity index (χ1) is 6.97. The molecule has 0 saturated heterocycles. The number of hydrogen-bond donors (Lipinski definition) is 1.